The van der Waals surface area contributed by atoms with Gasteiger partial charge in [-0.3, -0.25) is 0 Å². The highest BCUT2D eigenvalue weighted by Gasteiger charge is 2.05. The molecule has 0 saturated carbocycles. The fraction of sp³-hybridized carbons (Fsp3) is 0.200. The number of aliphatic hydroxyl groups is 1. The minimum Gasteiger partial charge on any atom is -0.435 e. The summed E-state index contributed by atoms with van der Waals surface area (Å²) in [5.74, 6) is 0.120. The molecule has 0 unspecified atom stereocenters. The van der Waals surface area contributed by atoms with Crippen LogP contribution in [0.15, 0.2) is 42.5 Å². The van der Waals surface area contributed by atoms with Crippen molar-refractivity contribution in [2.45, 2.75) is 19.8 Å². The topological polar surface area (TPSA) is 41.5 Å². The SMILES string of the molecule is OCc1ccc(Cl)c(NCc2ccc(OC(F)F)cc2)c1. The molecule has 0 spiro atoms. The van der Waals surface area contributed by atoms with Crippen molar-refractivity contribution in [1.29, 1.82) is 0 Å². The molecule has 0 aromatic heterocycles. The first-order valence-electron chi connectivity index (χ1n) is 6.25. The number of nitrogens with one attached hydrogen (secondary N) is 1. The van der Waals surface area contributed by atoms with Gasteiger partial charge in [-0.15, -0.1) is 0 Å². The molecule has 0 saturated heterocycles. The highest BCUT2D eigenvalue weighted by atomic mass is 35.5. The van der Waals surface area contributed by atoms with Gasteiger partial charge < -0.3 is 15.2 Å². The predicted octanol–water partition coefficient (Wildman–Crippen LogP) is 4.05. The van der Waals surface area contributed by atoms with Crippen molar-refractivity contribution in [2.75, 3.05) is 5.32 Å². The molecule has 2 N–H and O–H groups in total. The fourth-order valence-electron chi connectivity index (χ4n) is 1.79. The van der Waals surface area contributed by atoms with Gasteiger partial charge in [0.1, 0.15) is 5.75 Å². The van der Waals surface area contributed by atoms with Crippen LogP contribution in [0.5, 0.6) is 5.75 Å². The van der Waals surface area contributed by atoms with Gasteiger partial charge in [-0.05, 0) is 35.4 Å². The van der Waals surface area contributed by atoms with Crippen molar-refractivity contribution >= 4 is 17.3 Å². The number of hydrogen-bond acceptors (Lipinski definition) is 3. The van der Waals surface area contributed by atoms with E-state index in [1.54, 1.807) is 30.3 Å². The zero-order chi connectivity index (χ0) is 15.2. The summed E-state index contributed by atoms with van der Waals surface area (Å²) >= 11 is 6.05. The van der Waals surface area contributed by atoms with Crippen LogP contribution >= 0.6 is 11.6 Å². The third-order valence-electron chi connectivity index (χ3n) is 2.84. The molecule has 0 aliphatic rings. The normalized spacial score (nSPS) is 10.7. The molecule has 3 nitrogen and oxygen atoms in total. The van der Waals surface area contributed by atoms with E-state index in [0.29, 0.717) is 17.3 Å². The van der Waals surface area contributed by atoms with Crippen molar-refractivity contribution in [3.05, 3.63) is 58.6 Å². The van der Waals surface area contributed by atoms with E-state index in [0.717, 1.165) is 11.1 Å². The van der Waals surface area contributed by atoms with Crippen LogP contribution in [0.4, 0.5) is 14.5 Å². The summed E-state index contributed by atoms with van der Waals surface area (Å²) in [4.78, 5) is 0. The van der Waals surface area contributed by atoms with E-state index in [1.165, 1.54) is 12.1 Å². The van der Waals surface area contributed by atoms with Crippen LogP contribution < -0.4 is 10.1 Å². The van der Waals surface area contributed by atoms with Gasteiger partial charge in [0, 0.05) is 6.54 Å². The number of rotatable bonds is 6. The van der Waals surface area contributed by atoms with Gasteiger partial charge in [-0.25, -0.2) is 0 Å². The molecule has 2 aromatic carbocycles. The lowest BCUT2D eigenvalue weighted by Gasteiger charge is -2.10. The first kappa shape index (κ1) is 15.5. The van der Waals surface area contributed by atoms with E-state index in [9.17, 15) is 8.78 Å². The second kappa shape index (κ2) is 7.24. The average molecular weight is 314 g/mol. The Hall–Kier alpha value is -1.85. The number of anilines is 1. The molecule has 6 heteroatoms. The lowest BCUT2D eigenvalue weighted by atomic mass is 10.2. The number of ether oxygens (including phenoxy) is 1. The maximum absolute atomic E-state index is 12.0. The van der Waals surface area contributed by atoms with Crippen LogP contribution in [0.25, 0.3) is 0 Å². The Morgan fingerprint density at radius 2 is 1.76 bits per heavy atom. The summed E-state index contributed by atoms with van der Waals surface area (Å²) in [6, 6.07) is 11.5. The Bertz CT molecular complexity index is 591. The van der Waals surface area contributed by atoms with Gasteiger partial charge in [0.2, 0.25) is 0 Å². The number of benzene rings is 2. The molecule has 0 fully saturated rings. The van der Waals surface area contributed by atoms with Crippen LogP contribution in [-0.2, 0) is 13.2 Å². The largest absolute Gasteiger partial charge is 0.435 e. The van der Waals surface area contributed by atoms with E-state index in [1.807, 2.05) is 0 Å². The van der Waals surface area contributed by atoms with Gasteiger partial charge in [0.15, 0.2) is 0 Å². The second-order valence-electron chi connectivity index (χ2n) is 4.35. The summed E-state index contributed by atoms with van der Waals surface area (Å²) in [6.07, 6.45) is 0. The summed E-state index contributed by atoms with van der Waals surface area (Å²) < 4.78 is 28.4. The summed E-state index contributed by atoms with van der Waals surface area (Å²) in [6.45, 7) is -2.41. The highest BCUT2D eigenvalue weighted by Crippen LogP contribution is 2.24. The van der Waals surface area contributed by atoms with Gasteiger partial charge >= 0.3 is 6.61 Å². The minimum atomic E-state index is -2.82. The zero-order valence-corrected chi connectivity index (χ0v) is 11.8. The Morgan fingerprint density at radius 1 is 1.10 bits per heavy atom. The van der Waals surface area contributed by atoms with Crippen molar-refractivity contribution in [1.82, 2.24) is 0 Å². The fourth-order valence-corrected chi connectivity index (χ4v) is 1.98. The summed E-state index contributed by atoms with van der Waals surface area (Å²) in [5.41, 5.74) is 2.35. The number of aliphatic hydroxyl groups excluding tert-OH is 1. The Kier molecular flexibility index (Phi) is 5.36. The molecule has 21 heavy (non-hydrogen) atoms. The second-order valence-corrected chi connectivity index (χ2v) is 4.76. The molecule has 0 amide bonds. The van der Waals surface area contributed by atoms with Gasteiger partial charge in [-0.1, -0.05) is 29.8 Å². The van der Waals surface area contributed by atoms with Crippen LogP contribution in [-0.4, -0.2) is 11.7 Å². The molecular formula is C15H14ClF2NO2. The summed E-state index contributed by atoms with van der Waals surface area (Å²) in [5, 5.41) is 12.8. The molecule has 0 radical (unpaired) electrons. The van der Waals surface area contributed by atoms with Gasteiger partial charge in [0.05, 0.1) is 17.3 Å². The number of alkyl halides is 2. The molecule has 0 aliphatic heterocycles. The van der Waals surface area contributed by atoms with Crippen molar-refractivity contribution < 1.29 is 18.6 Å². The van der Waals surface area contributed by atoms with Gasteiger partial charge in [-0.2, -0.15) is 8.78 Å². The highest BCUT2D eigenvalue weighted by molar-refractivity contribution is 6.33. The van der Waals surface area contributed by atoms with Crippen molar-refractivity contribution in [3.8, 4) is 5.75 Å². The maximum Gasteiger partial charge on any atom is 0.387 e. The van der Waals surface area contributed by atoms with Crippen LogP contribution in [0.2, 0.25) is 5.02 Å². The smallest absolute Gasteiger partial charge is 0.387 e. The first-order valence-corrected chi connectivity index (χ1v) is 6.63. The average Bonchev–Trinajstić information content (AvgIpc) is 2.47. The van der Waals surface area contributed by atoms with E-state index < -0.39 is 6.61 Å². The van der Waals surface area contributed by atoms with Gasteiger partial charge in [0.25, 0.3) is 0 Å². The van der Waals surface area contributed by atoms with Crippen LogP contribution in [0.3, 0.4) is 0 Å². The Morgan fingerprint density at radius 3 is 2.38 bits per heavy atom. The summed E-state index contributed by atoms with van der Waals surface area (Å²) in [7, 11) is 0. The molecule has 0 bridgehead atoms. The minimum absolute atomic E-state index is 0.0640. The first-order chi connectivity index (χ1) is 10.1. The molecule has 0 aliphatic carbocycles. The lowest BCUT2D eigenvalue weighted by molar-refractivity contribution is -0.0498. The zero-order valence-electron chi connectivity index (χ0n) is 11.0. The molecule has 0 heterocycles. The third-order valence-corrected chi connectivity index (χ3v) is 3.17. The predicted molar refractivity (Wildman–Crippen MR) is 77.8 cm³/mol. The van der Waals surface area contributed by atoms with E-state index >= 15 is 0 Å². The maximum atomic E-state index is 12.0. The molecule has 2 rings (SSSR count). The lowest BCUT2D eigenvalue weighted by Crippen LogP contribution is -2.03. The quantitative estimate of drug-likeness (QED) is 0.845. The monoisotopic (exact) mass is 313 g/mol. The van der Waals surface area contributed by atoms with E-state index in [2.05, 4.69) is 10.1 Å². The van der Waals surface area contributed by atoms with Crippen LogP contribution in [0.1, 0.15) is 11.1 Å². The number of hydrogen-bond donors (Lipinski definition) is 2. The van der Waals surface area contributed by atoms with Crippen molar-refractivity contribution in [2.24, 2.45) is 0 Å². The Labute approximate surface area is 126 Å². The third kappa shape index (κ3) is 4.58. The number of halogens is 3. The molecule has 112 valence electrons. The van der Waals surface area contributed by atoms with E-state index in [-0.39, 0.29) is 12.4 Å². The standard InChI is InChI=1S/C15H14ClF2NO2/c16-13-6-3-11(9-20)7-14(13)19-8-10-1-4-12(5-2-10)21-15(17)18/h1-7,15,19-20H,8-9H2. The Balaban J connectivity index is 1.99. The molecular weight excluding hydrogens is 300 g/mol. The van der Waals surface area contributed by atoms with E-state index in [4.69, 9.17) is 16.7 Å². The molecule has 2 aromatic rings. The van der Waals surface area contributed by atoms with Crippen molar-refractivity contribution in [3.63, 3.8) is 0 Å². The molecule has 0 atom stereocenters. The van der Waals surface area contributed by atoms with Crippen LogP contribution in [0, 0.1) is 0 Å².